The highest BCUT2D eigenvalue weighted by atomic mass is 127. The number of para-hydroxylation sites is 1. The zero-order chi connectivity index (χ0) is 40.8. The van der Waals surface area contributed by atoms with E-state index in [1.807, 2.05) is 24.3 Å². The number of halogens is 5. The van der Waals surface area contributed by atoms with Crippen molar-refractivity contribution in [3.05, 3.63) is 88.7 Å². The van der Waals surface area contributed by atoms with Crippen LogP contribution in [0.25, 0.3) is 0 Å². The molecule has 1 saturated heterocycles. The van der Waals surface area contributed by atoms with Gasteiger partial charge >= 0.3 is 6.18 Å². The number of Topliss-reactive ketones (excluding diaryl/α,β-unsaturated/α-hetero) is 1. The van der Waals surface area contributed by atoms with Crippen molar-refractivity contribution < 1.29 is 51.5 Å². The van der Waals surface area contributed by atoms with Gasteiger partial charge in [-0.15, -0.1) is 0 Å². The molecular weight excluding hydrogens is 857 g/mol. The van der Waals surface area contributed by atoms with Crippen LogP contribution in [0, 0.1) is 23.7 Å². The Balaban J connectivity index is 1.38. The fourth-order valence-corrected chi connectivity index (χ4v) is 10.2. The second-order valence-corrected chi connectivity index (χ2v) is 18.1. The number of aliphatic hydroxyl groups excluding tert-OH is 1. The van der Waals surface area contributed by atoms with Crippen molar-refractivity contribution in [1.82, 2.24) is 4.90 Å². The molecule has 1 amide bonds. The highest BCUT2D eigenvalue weighted by Gasteiger charge is 2.57. The predicted octanol–water partition coefficient (Wildman–Crippen LogP) is 9.95. The fourth-order valence-electron chi connectivity index (χ4n) is 9.77. The Labute approximate surface area is 346 Å². The van der Waals surface area contributed by atoms with E-state index in [4.69, 9.17) is 19.2 Å². The zero-order valence-electron chi connectivity index (χ0n) is 32.7. The molecule has 2 saturated carbocycles. The van der Waals surface area contributed by atoms with Crippen LogP contribution in [0.4, 0.5) is 17.6 Å². The molecule has 2 aromatic carbocycles. The molecule has 0 bridgehead atoms. The predicted molar refractivity (Wildman–Crippen MR) is 215 cm³/mol. The molecule has 1 aliphatic heterocycles. The molecule has 0 aromatic heterocycles. The van der Waals surface area contributed by atoms with Gasteiger partial charge in [-0.05, 0) is 129 Å². The maximum atomic E-state index is 15.7. The summed E-state index contributed by atoms with van der Waals surface area (Å²) in [6.45, 7) is 2.58. The summed E-state index contributed by atoms with van der Waals surface area (Å²) in [5, 5.41) is 9.37. The number of benzene rings is 2. The summed E-state index contributed by atoms with van der Waals surface area (Å²) < 4.78 is 68.3. The number of rotatable bonds is 16. The average Bonchev–Trinajstić information content (AvgIpc) is 3.87. The maximum absolute atomic E-state index is 15.7. The van der Waals surface area contributed by atoms with Crippen molar-refractivity contribution in [3.63, 3.8) is 0 Å². The topological polar surface area (TPSA) is 94.5 Å². The third kappa shape index (κ3) is 10.1. The molecule has 6 atom stereocenters. The van der Waals surface area contributed by atoms with Crippen molar-refractivity contribution in [2.75, 3.05) is 40.0 Å². The van der Waals surface area contributed by atoms with Gasteiger partial charge < -0.3 is 19.5 Å². The van der Waals surface area contributed by atoms with Gasteiger partial charge in [0.05, 0.1) is 20.3 Å². The quantitative estimate of drug-likeness (QED) is 0.0448. The van der Waals surface area contributed by atoms with Crippen LogP contribution in [0.1, 0.15) is 105 Å². The second-order valence-electron chi connectivity index (χ2n) is 16.0. The summed E-state index contributed by atoms with van der Waals surface area (Å²) in [5.74, 6) is -0.916. The van der Waals surface area contributed by atoms with E-state index >= 15 is 9.18 Å². The number of ether oxygens (including phenoxy) is 2. The van der Waals surface area contributed by atoms with E-state index in [0.717, 1.165) is 30.9 Å². The van der Waals surface area contributed by atoms with Crippen molar-refractivity contribution >= 4 is 34.3 Å². The number of aliphatic hydroxyl groups is 1. The van der Waals surface area contributed by atoms with Crippen LogP contribution in [-0.4, -0.2) is 73.5 Å². The van der Waals surface area contributed by atoms with E-state index in [0.29, 0.717) is 64.0 Å². The first-order chi connectivity index (χ1) is 27.3. The second kappa shape index (κ2) is 18.9. The van der Waals surface area contributed by atoms with Gasteiger partial charge in [0.1, 0.15) is 18.1 Å². The molecular formula is C44H54F4INO7. The first-order valence-corrected chi connectivity index (χ1v) is 21.3. The molecule has 0 radical (unpaired) electrons. The molecule has 57 heavy (non-hydrogen) atoms. The maximum Gasteiger partial charge on any atom is 0.413 e. The Morgan fingerprint density at radius 3 is 2.37 bits per heavy atom. The largest absolute Gasteiger partial charge is 0.491 e. The zero-order valence-corrected chi connectivity index (χ0v) is 34.9. The van der Waals surface area contributed by atoms with Gasteiger partial charge in [-0.3, -0.25) is 9.59 Å². The van der Waals surface area contributed by atoms with Gasteiger partial charge in [0.15, 0.2) is 15.1 Å². The van der Waals surface area contributed by atoms with Crippen LogP contribution >= 0.6 is 22.6 Å². The van der Waals surface area contributed by atoms with Gasteiger partial charge in [0, 0.05) is 41.6 Å². The number of hydrogen-bond acceptors (Lipinski definition) is 7. The first kappa shape index (κ1) is 43.6. The Bertz CT molecular complexity index is 1770. The molecule has 312 valence electrons. The summed E-state index contributed by atoms with van der Waals surface area (Å²) >= 11 is 1.68. The highest BCUT2D eigenvalue weighted by molar-refractivity contribution is 14.1. The summed E-state index contributed by atoms with van der Waals surface area (Å²) in [6, 6.07) is 14.3. The van der Waals surface area contributed by atoms with E-state index in [1.165, 1.54) is 20.1 Å². The number of hydrogen-bond donors (Lipinski definition) is 1. The fraction of sp³-hybridized carbons (Fsp3) is 0.591. The summed E-state index contributed by atoms with van der Waals surface area (Å²) in [7, 11) is 1.47. The number of amides is 1. The van der Waals surface area contributed by atoms with Gasteiger partial charge in [0.2, 0.25) is 0 Å². The number of allylic oxidation sites excluding steroid dienone is 3. The lowest BCUT2D eigenvalue weighted by molar-refractivity contribution is -0.281. The van der Waals surface area contributed by atoms with Crippen molar-refractivity contribution in [2.24, 2.45) is 23.7 Å². The minimum absolute atomic E-state index is 0.0187. The van der Waals surface area contributed by atoms with Crippen LogP contribution in [0.3, 0.4) is 0 Å². The van der Waals surface area contributed by atoms with Gasteiger partial charge in [0.25, 0.3) is 5.91 Å². The lowest BCUT2D eigenvalue weighted by Crippen LogP contribution is -2.60. The molecule has 3 fully saturated rings. The Morgan fingerprint density at radius 1 is 0.947 bits per heavy atom. The summed E-state index contributed by atoms with van der Waals surface area (Å²) in [6.07, 6.45) is 3.64. The van der Waals surface area contributed by atoms with E-state index in [1.54, 1.807) is 51.8 Å². The Hall–Kier alpha value is -3.01. The Morgan fingerprint density at radius 2 is 1.67 bits per heavy atom. The average molecular weight is 912 g/mol. The minimum atomic E-state index is -4.56. The lowest BCUT2D eigenvalue weighted by atomic mass is 9.63. The third-order valence-corrected chi connectivity index (χ3v) is 13.2. The van der Waals surface area contributed by atoms with E-state index in [-0.39, 0.29) is 72.4 Å². The number of nitrogens with zero attached hydrogens (tertiary/aromatic N) is 1. The molecule has 8 nitrogen and oxygen atoms in total. The molecule has 4 unspecified atom stereocenters. The molecule has 1 heterocycles. The van der Waals surface area contributed by atoms with Crippen LogP contribution in [0.15, 0.2) is 72.0 Å². The van der Waals surface area contributed by atoms with Gasteiger partial charge in [-0.1, -0.05) is 55.3 Å². The van der Waals surface area contributed by atoms with Crippen molar-refractivity contribution in [1.29, 1.82) is 0 Å². The smallest absolute Gasteiger partial charge is 0.413 e. The number of carbonyl (C=O) groups excluding carboxylic acids is 2. The van der Waals surface area contributed by atoms with Gasteiger partial charge in [-0.2, -0.15) is 13.2 Å². The molecule has 3 aliphatic carbocycles. The number of piperidine rings is 1. The normalized spacial score (nSPS) is 26.8. The van der Waals surface area contributed by atoms with Crippen molar-refractivity contribution in [2.45, 2.75) is 98.9 Å². The third-order valence-electron chi connectivity index (χ3n) is 12.6. The SMILES string of the molecule is COOCC1CCCC1CC[C@H]1C(C(=O)c2ccccc2C(C)(F)I)CCC[C@@]1(OC1=CCC(C(F)(F)F)=C1)C(=O)N1CCC(c2ccccc2OCCO)CC1. The molecule has 0 spiro atoms. The van der Waals surface area contributed by atoms with Crippen LogP contribution in [-0.2, 0) is 23.0 Å². The molecule has 2 aromatic rings. The van der Waals surface area contributed by atoms with E-state index < -0.39 is 32.9 Å². The monoisotopic (exact) mass is 911 g/mol. The molecule has 4 aliphatic rings. The summed E-state index contributed by atoms with van der Waals surface area (Å²) in [5.41, 5.74) is -0.931. The van der Waals surface area contributed by atoms with E-state index in [2.05, 4.69) is 0 Å². The molecule has 13 heteroatoms. The lowest BCUT2D eigenvalue weighted by Gasteiger charge is -2.49. The number of carbonyl (C=O) groups is 2. The summed E-state index contributed by atoms with van der Waals surface area (Å²) in [4.78, 5) is 42.4. The first-order valence-electron chi connectivity index (χ1n) is 20.2. The van der Waals surface area contributed by atoms with Gasteiger partial charge in [-0.25, -0.2) is 14.2 Å². The Kier molecular flexibility index (Phi) is 14.5. The van der Waals surface area contributed by atoms with Crippen LogP contribution < -0.4 is 4.74 Å². The van der Waals surface area contributed by atoms with Crippen molar-refractivity contribution in [3.8, 4) is 5.75 Å². The number of alkyl halides is 5. The number of ketones is 1. The van der Waals surface area contributed by atoms with Crippen LogP contribution in [0.5, 0.6) is 5.75 Å². The standard InChI is InChI=1S/C44H54F4INO7/c1-42(45,49)37-14-5-3-12-35(37)40(52)36-13-8-22-43(57-33-18-17-32(27-33)44(46,47)48,38(36)19-16-29-9-7-10-31(29)28-56-54-2)41(53)50-23-20-30(21-24-50)34-11-4-6-15-39(34)55-26-25-51/h3-6,11-12,14-15,18,27,29-31,36,38,51H,7-10,13,16-17,19-26,28H2,1-2H3/t29?,31?,36?,38-,42?,43-/m0/s1. The minimum Gasteiger partial charge on any atom is -0.491 e. The van der Waals surface area contributed by atoms with E-state index in [9.17, 15) is 23.1 Å². The molecule has 1 N–H and O–H groups in total. The highest BCUT2D eigenvalue weighted by Crippen LogP contribution is 2.51. The molecule has 6 rings (SSSR count). The van der Waals surface area contributed by atoms with Crippen LogP contribution in [0.2, 0.25) is 0 Å². The number of likely N-dealkylation sites (tertiary alicyclic amines) is 1.